The van der Waals surface area contributed by atoms with Crippen LogP contribution in [0.1, 0.15) is 28.9 Å². The molecule has 8 heteroatoms. The Morgan fingerprint density at radius 1 is 1.57 bits per heavy atom. The van der Waals surface area contributed by atoms with E-state index in [4.69, 9.17) is 15.6 Å². The lowest BCUT2D eigenvalue weighted by Gasteiger charge is -2.25. The fraction of sp³-hybridized carbons (Fsp3) is 0.692. The van der Waals surface area contributed by atoms with Gasteiger partial charge >= 0.3 is 0 Å². The van der Waals surface area contributed by atoms with Crippen LogP contribution in [0.15, 0.2) is 0 Å². The fourth-order valence-corrected chi connectivity index (χ4v) is 2.98. The van der Waals surface area contributed by atoms with Gasteiger partial charge < -0.3 is 25.8 Å². The maximum Gasteiger partial charge on any atom is 0.268 e. The summed E-state index contributed by atoms with van der Waals surface area (Å²) in [6.45, 7) is 0.989. The van der Waals surface area contributed by atoms with Crippen molar-refractivity contribution in [2.24, 2.45) is 0 Å². The number of ether oxygens (including phenoxy) is 1. The van der Waals surface area contributed by atoms with E-state index in [1.807, 2.05) is 0 Å². The molecule has 0 radical (unpaired) electrons. The zero-order valence-electron chi connectivity index (χ0n) is 12.2. The van der Waals surface area contributed by atoms with Crippen LogP contribution in [-0.4, -0.2) is 60.4 Å². The van der Waals surface area contributed by atoms with E-state index >= 15 is 0 Å². The van der Waals surface area contributed by atoms with E-state index in [0.29, 0.717) is 29.2 Å². The minimum absolute atomic E-state index is 0.0959. The number of methoxy groups -OCH3 is 1. The smallest absolute Gasteiger partial charge is 0.268 e. The number of thiazole rings is 1. The summed E-state index contributed by atoms with van der Waals surface area (Å²) in [5.41, 5.74) is 5.86. The molecule has 1 aromatic heterocycles. The van der Waals surface area contributed by atoms with E-state index in [1.54, 1.807) is 7.11 Å². The number of aliphatic hydroxyl groups is 1. The molecule has 1 heterocycles. The number of nitrogens with two attached hydrogens (primary N) is 1. The SMILES string of the molecule is COCCN(CCO)C(=O)c1sc(NC2CCC2)nc1N. The number of aromatic nitrogens is 1. The van der Waals surface area contributed by atoms with Crippen molar-refractivity contribution in [1.82, 2.24) is 9.88 Å². The Morgan fingerprint density at radius 2 is 2.33 bits per heavy atom. The second kappa shape index (κ2) is 7.58. The lowest BCUT2D eigenvalue weighted by Crippen LogP contribution is -2.36. The van der Waals surface area contributed by atoms with Gasteiger partial charge in [0.25, 0.3) is 5.91 Å². The number of nitrogen functional groups attached to an aromatic ring is 1. The summed E-state index contributed by atoms with van der Waals surface area (Å²) in [6, 6.07) is 0.445. The zero-order chi connectivity index (χ0) is 15.2. The minimum Gasteiger partial charge on any atom is -0.395 e. The third-order valence-electron chi connectivity index (χ3n) is 3.50. The highest BCUT2D eigenvalue weighted by Gasteiger charge is 2.24. The zero-order valence-corrected chi connectivity index (χ0v) is 13.0. The van der Waals surface area contributed by atoms with Gasteiger partial charge in [-0.2, -0.15) is 0 Å². The summed E-state index contributed by atoms with van der Waals surface area (Å²) < 4.78 is 4.98. The van der Waals surface area contributed by atoms with Crippen molar-refractivity contribution in [2.45, 2.75) is 25.3 Å². The molecule has 0 bridgehead atoms. The van der Waals surface area contributed by atoms with Crippen LogP contribution in [0.4, 0.5) is 10.9 Å². The molecule has 0 spiro atoms. The van der Waals surface area contributed by atoms with Gasteiger partial charge in [0.2, 0.25) is 0 Å². The van der Waals surface area contributed by atoms with Gasteiger partial charge in [0.15, 0.2) is 5.13 Å². The van der Waals surface area contributed by atoms with Crippen molar-refractivity contribution >= 4 is 28.2 Å². The Labute approximate surface area is 128 Å². The van der Waals surface area contributed by atoms with Crippen molar-refractivity contribution in [3.05, 3.63) is 4.88 Å². The van der Waals surface area contributed by atoms with E-state index in [0.717, 1.165) is 12.8 Å². The summed E-state index contributed by atoms with van der Waals surface area (Å²) >= 11 is 1.27. The molecule has 4 N–H and O–H groups in total. The molecule has 1 aliphatic carbocycles. The molecular formula is C13H22N4O3S. The molecular weight excluding hydrogens is 292 g/mol. The molecule has 0 saturated heterocycles. The second-order valence-electron chi connectivity index (χ2n) is 5.01. The number of carbonyl (C=O) groups excluding carboxylic acids is 1. The van der Waals surface area contributed by atoms with Crippen molar-refractivity contribution in [3.8, 4) is 0 Å². The Hall–Kier alpha value is -1.38. The standard InChI is InChI=1S/C13H22N4O3S/c1-20-8-6-17(5-7-18)12(19)10-11(14)16-13(21-10)15-9-3-2-4-9/h9,18H,2-8,14H2,1H3,(H,15,16). The number of aliphatic hydroxyl groups excluding tert-OH is 1. The first-order valence-corrected chi connectivity index (χ1v) is 7.89. The molecule has 1 aromatic rings. The lowest BCUT2D eigenvalue weighted by atomic mass is 9.93. The Kier molecular flexibility index (Phi) is 5.77. The topological polar surface area (TPSA) is 101 Å². The fourth-order valence-electron chi connectivity index (χ4n) is 2.05. The summed E-state index contributed by atoms with van der Waals surface area (Å²) in [6.07, 6.45) is 3.49. The first-order chi connectivity index (χ1) is 10.2. The van der Waals surface area contributed by atoms with Gasteiger partial charge in [-0.15, -0.1) is 0 Å². The van der Waals surface area contributed by atoms with Crippen LogP contribution in [0.25, 0.3) is 0 Å². The largest absolute Gasteiger partial charge is 0.395 e. The normalized spacial score (nSPS) is 14.8. The summed E-state index contributed by atoms with van der Waals surface area (Å²) in [7, 11) is 1.57. The van der Waals surface area contributed by atoms with Gasteiger partial charge in [0.05, 0.1) is 13.2 Å². The predicted octanol–water partition coefficient (Wildman–Crippen LogP) is 0.771. The quantitative estimate of drug-likeness (QED) is 0.655. The Morgan fingerprint density at radius 3 is 2.90 bits per heavy atom. The molecule has 1 amide bonds. The molecule has 118 valence electrons. The number of carbonyl (C=O) groups is 1. The molecule has 1 fully saturated rings. The molecule has 0 unspecified atom stereocenters. The number of hydrogen-bond donors (Lipinski definition) is 3. The molecule has 1 aliphatic rings. The lowest BCUT2D eigenvalue weighted by molar-refractivity contribution is 0.0662. The number of hydrogen-bond acceptors (Lipinski definition) is 7. The monoisotopic (exact) mass is 314 g/mol. The second-order valence-corrected chi connectivity index (χ2v) is 6.01. The third-order valence-corrected chi connectivity index (χ3v) is 4.49. The highest BCUT2D eigenvalue weighted by atomic mass is 32.1. The average Bonchev–Trinajstić information content (AvgIpc) is 2.79. The third kappa shape index (κ3) is 4.05. The first-order valence-electron chi connectivity index (χ1n) is 7.07. The number of nitrogens with zero attached hydrogens (tertiary/aromatic N) is 2. The van der Waals surface area contributed by atoms with Crippen LogP contribution in [0.2, 0.25) is 0 Å². The van der Waals surface area contributed by atoms with Crippen LogP contribution in [-0.2, 0) is 4.74 Å². The van der Waals surface area contributed by atoms with Crippen LogP contribution in [0.5, 0.6) is 0 Å². The van der Waals surface area contributed by atoms with Crippen LogP contribution >= 0.6 is 11.3 Å². The van der Waals surface area contributed by atoms with E-state index in [9.17, 15) is 4.79 Å². The highest BCUT2D eigenvalue weighted by molar-refractivity contribution is 7.18. The van der Waals surface area contributed by atoms with Crippen molar-refractivity contribution in [1.29, 1.82) is 0 Å². The molecule has 0 aromatic carbocycles. The maximum absolute atomic E-state index is 12.5. The van der Waals surface area contributed by atoms with Gasteiger partial charge in [-0.3, -0.25) is 4.79 Å². The van der Waals surface area contributed by atoms with Crippen LogP contribution in [0.3, 0.4) is 0 Å². The number of anilines is 2. The average molecular weight is 314 g/mol. The van der Waals surface area contributed by atoms with E-state index in [-0.39, 0.29) is 24.9 Å². The van der Waals surface area contributed by atoms with Crippen LogP contribution < -0.4 is 11.1 Å². The summed E-state index contributed by atoms with van der Waals surface area (Å²) in [5, 5.41) is 13.1. The molecule has 7 nitrogen and oxygen atoms in total. The van der Waals surface area contributed by atoms with Gasteiger partial charge in [0, 0.05) is 26.2 Å². The number of amides is 1. The Bertz CT molecular complexity index is 476. The van der Waals surface area contributed by atoms with Gasteiger partial charge in [-0.1, -0.05) is 11.3 Å². The van der Waals surface area contributed by atoms with Crippen molar-refractivity contribution in [3.63, 3.8) is 0 Å². The molecule has 21 heavy (non-hydrogen) atoms. The number of nitrogens with one attached hydrogen (secondary N) is 1. The maximum atomic E-state index is 12.5. The molecule has 0 aliphatic heterocycles. The van der Waals surface area contributed by atoms with Gasteiger partial charge in [0.1, 0.15) is 10.7 Å². The summed E-state index contributed by atoms with van der Waals surface area (Å²) in [4.78, 5) is 18.6. The van der Waals surface area contributed by atoms with Gasteiger partial charge in [-0.05, 0) is 19.3 Å². The van der Waals surface area contributed by atoms with Gasteiger partial charge in [-0.25, -0.2) is 4.98 Å². The van der Waals surface area contributed by atoms with E-state index in [1.165, 1.54) is 22.7 Å². The highest BCUT2D eigenvalue weighted by Crippen LogP contribution is 2.30. The van der Waals surface area contributed by atoms with E-state index < -0.39 is 0 Å². The predicted molar refractivity (Wildman–Crippen MR) is 82.7 cm³/mol. The molecule has 1 saturated carbocycles. The minimum atomic E-state index is -0.210. The van der Waals surface area contributed by atoms with Crippen LogP contribution in [0, 0.1) is 0 Å². The molecule has 2 rings (SSSR count). The molecule has 0 atom stereocenters. The Balaban J connectivity index is 2.04. The first kappa shape index (κ1) is 16.0. The van der Waals surface area contributed by atoms with Crippen molar-refractivity contribution < 1.29 is 14.6 Å². The summed E-state index contributed by atoms with van der Waals surface area (Å²) in [5.74, 6) is 0.0324. The van der Waals surface area contributed by atoms with E-state index in [2.05, 4.69) is 10.3 Å². The number of rotatable bonds is 8. The van der Waals surface area contributed by atoms with Crippen molar-refractivity contribution in [2.75, 3.05) is 44.5 Å².